The van der Waals surface area contributed by atoms with Gasteiger partial charge in [-0.2, -0.15) is 4.79 Å². The van der Waals surface area contributed by atoms with Crippen LogP contribution in [0.3, 0.4) is 0 Å². The van der Waals surface area contributed by atoms with Crippen LogP contribution in [-0.2, 0) is 14.3 Å². The van der Waals surface area contributed by atoms with E-state index in [1.165, 1.54) is 0 Å². The summed E-state index contributed by atoms with van der Waals surface area (Å²) in [5, 5.41) is 0. The lowest BCUT2D eigenvalue weighted by atomic mass is 9.98. The summed E-state index contributed by atoms with van der Waals surface area (Å²) in [7, 11) is 1.11. The maximum atomic E-state index is 11.7. The summed E-state index contributed by atoms with van der Waals surface area (Å²) in [6.45, 7) is 1.80. The summed E-state index contributed by atoms with van der Waals surface area (Å²) < 4.78 is 4.35. The Bertz CT molecular complexity index is 493. The molecule has 1 aromatic heterocycles. The number of nitrogens with zero attached hydrogens (tertiary/aromatic N) is 3. The van der Waals surface area contributed by atoms with Gasteiger partial charge in [-0.05, 0) is 12.1 Å². The molecule has 94 valence electrons. The van der Waals surface area contributed by atoms with E-state index in [-0.39, 0.29) is 12.3 Å². The van der Waals surface area contributed by atoms with Gasteiger partial charge in [-0.3, -0.25) is 9.78 Å². The summed E-state index contributed by atoms with van der Waals surface area (Å²) in [4.78, 5) is 29.7. The van der Waals surface area contributed by atoms with Crippen molar-refractivity contribution in [3.05, 3.63) is 35.6 Å². The lowest BCUT2D eigenvalue weighted by Crippen LogP contribution is -2.27. The molecule has 0 aliphatic heterocycles. The van der Waals surface area contributed by atoms with Gasteiger partial charge in [-0.15, -0.1) is 0 Å². The first-order chi connectivity index (χ1) is 8.60. The summed E-state index contributed by atoms with van der Waals surface area (Å²) in [6, 6.07) is 5.36. The molecule has 0 aromatic carbocycles. The van der Waals surface area contributed by atoms with Gasteiger partial charge in [0.05, 0.1) is 7.11 Å². The number of carbonyl (C=O) groups is 2. The molecule has 0 amide bonds. The summed E-state index contributed by atoms with van der Waals surface area (Å²) in [5.41, 5.74) is 8.76. The number of carbonyl (C=O) groups excluding carboxylic acids is 2. The molecular weight excluding hydrogens is 234 g/mol. The molecule has 0 N–H and O–H groups in total. The van der Waals surface area contributed by atoms with E-state index < -0.39 is 17.5 Å². The van der Waals surface area contributed by atoms with Gasteiger partial charge >= 0.3 is 11.7 Å². The number of methoxy groups -OCH3 is 1. The van der Waals surface area contributed by atoms with Crippen LogP contribution in [-0.4, -0.2) is 34.3 Å². The second kappa shape index (κ2) is 6.42. The number of esters is 1. The maximum absolute atomic E-state index is 11.7. The molecule has 0 radical (unpaired) electrons. The van der Waals surface area contributed by atoms with Gasteiger partial charge in [0.25, 0.3) is 5.78 Å². The fraction of sp³-hybridized carbons (Fsp3) is 0.333. The number of rotatable bonds is 5. The van der Waals surface area contributed by atoms with Crippen molar-refractivity contribution in [2.45, 2.75) is 19.3 Å². The van der Waals surface area contributed by atoms with Gasteiger partial charge in [0.15, 0.2) is 0 Å². The summed E-state index contributed by atoms with van der Waals surface area (Å²) >= 11 is 0. The van der Waals surface area contributed by atoms with Crippen molar-refractivity contribution < 1.29 is 19.1 Å². The Morgan fingerprint density at radius 1 is 1.50 bits per heavy atom. The van der Waals surface area contributed by atoms with Gasteiger partial charge < -0.3 is 10.3 Å². The number of Topliss-reactive ketones (excluding diaryl/α,β-unsaturated/α-hetero) is 1. The quantitative estimate of drug-likeness (QED) is 0.255. The molecule has 0 aliphatic carbocycles. The highest BCUT2D eigenvalue weighted by Crippen LogP contribution is 2.16. The SMILES string of the molecule is COC(=O)C(=[N+]=[N-])C(=O)CC(C)c1ccccn1. The molecule has 0 aliphatic rings. The zero-order valence-corrected chi connectivity index (χ0v) is 10.2. The molecule has 1 aromatic rings. The van der Waals surface area contributed by atoms with E-state index in [2.05, 4.69) is 14.5 Å². The maximum Gasteiger partial charge on any atom is 0.441 e. The molecule has 0 bridgehead atoms. The standard InChI is InChI=1S/C12H13N3O3/c1-8(9-5-3-4-6-14-9)7-10(16)11(15-13)12(17)18-2/h3-6,8H,7H2,1-2H3. The van der Waals surface area contributed by atoms with Crippen molar-refractivity contribution in [3.63, 3.8) is 0 Å². The first-order valence-corrected chi connectivity index (χ1v) is 5.34. The van der Waals surface area contributed by atoms with E-state index in [4.69, 9.17) is 5.53 Å². The van der Waals surface area contributed by atoms with Crippen molar-refractivity contribution in [2.75, 3.05) is 7.11 Å². The average Bonchev–Trinajstić information content (AvgIpc) is 2.40. The fourth-order valence-electron chi connectivity index (χ4n) is 1.45. The van der Waals surface area contributed by atoms with Gasteiger partial charge in [0, 0.05) is 24.2 Å². The second-order valence-electron chi connectivity index (χ2n) is 3.72. The molecule has 6 nitrogen and oxygen atoms in total. The predicted molar refractivity (Wildman–Crippen MR) is 62.9 cm³/mol. The Balaban J connectivity index is 2.77. The van der Waals surface area contributed by atoms with Gasteiger partial charge in [0.2, 0.25) is 0 Å². The highest BCUT2D eigenvalue weighted by atomic mass is 16.5. The summed E-state index contributed by atoms with van der Waals surface area (Å²) in [5.74, 6) is -1.71. The van der Waals surface area contributed by atoms with E-state index in [0.717, 1.165) is 12.8 Å². The molecule has 0 saturated heterocycles. The Morgan fingerprint density at radius 2 is 2.22 bits per heavy atom. The van der Waals surface area contributed by atoms with Crippen LogP contribution in [0.1, 0.15) is 25.0 Å². The van der Waals surface area contributed by atoms with Crippen molar-refractivity contribution in [3.8, 4) is 0 Å². The van der Waals surface area contributed by atoms with Gasteiger partial charge in [0.1, 0.15) is 0 Å². The second-order valence-corrected chi connectivity index (χ2v) is 3.72. The molecule has 0 spiro atoms. The highest BCUT2D eigenvalue weighted by Gasteiger charge is 2.31. The Kier molecular flexibility index (Phi) is 4.90. The zero-order chi connectivity index (χ0) is 13.5. The highest BCUT2D eigenvalue weighted by molar-refractivity contribution is 6.62. The third kappa shape index (κ3) is 3.33. The Labute approximate surface area is 104 Å². The molecule has 6 heteroatoms. The minimum atomic E-state index is -0.948. The molecule has 1 atom stereocenters. The van der Waals surface area contributed by atoms with Crippen LogP contribution < -0.4 is 0 Å². The molecule has 0 fully saturated rings. The third-order valence-corrected chi connectivity index (χ3v) is 2.43. The fourth-order valence-corrected chi connectivity index (χ4v) is 1.45. The monoisotopic (exact) mass is 247 g/mol. The molecule has 18 heavy (non-hydrogen) atoms. The zero-order valence-electron chi connectivity index (χ0n) is 10.2. The van der Waals surface area contributed by atoms with E-state index in [1.807, 2.05) is 6.07 Å². The van der Waals surface area contributed by atoms with Crippen LogP contribution in [0.4, 0.5) is 0 Å². The average molecular weight is 247 g/mol. The number of pyridine rings is 1. The van der Waals surface area contributed by atoms with Gasteiger partial charge in [-0.25, -0.2) is 4.79 Å². The lowest BCUT2D eigenvalue weighted by molar-refractivity contribution is -0.139. The number of aromatic nitrogens is 1. The Hall–Kier alpha value is -2.33. The minimum absolute atomic E-state index is 0.0194. The molecule has 1 rings (SSSR count). The largest absolute Gasteiger partial charge is 0.460 e. The van der Waals surface area contributed by atoms with E-state index in [0.29, 0.717) is 0 Å². The van der Waals surface area contributed by atoms with Crippen LogP contribution in [0.25, 0.3) is 5.53 Å². The van der Waals surface area contributed by atoms with Crippen molar-refractivity contribution in [2.24, 2.45) is 0 Å². The van der Waals surface area contributed by atoms with Crippen LogP contribution in [0, 0.1) is 0 Å². The lowest BCUT2D eigenvalue weighted by Gasteiger charge is -2.07. The van der Waals surface area contributed by atoms with E-state index in [9.17, 15) is 9.59 Å². The summed E-state index contributed by atoms with van der Waals surface area (Å²) in [6.07, 6.45) is 1.64. The number of hydrogen-bond acceptors (Lipinski definition) is 4. The Morgan fingerprint density at radius 3 is 2.72 bits per heavy atom. The van der Waals surface area contributed by atoms with E-state index in [1.54, 1.807) is 25.3 Å². The molecule has 1 heterocycles. The van der Waals surface area contributed by atoms with Crippen molar-refractivity contribution >= 4 is 17.5 Å². The molecule has 0 saturated carbocycles. The van der Waals surface area contributed by atoms with Gasteiger partial charge in [-0.1, -0.05) is 13.0 Å². The minimum Gasteiger partial charge on any atom is -0.460 e. The van der Waals surface area contributed by atoms with Crippen molar-refractivity contribution in [1.82, 2.24) is 4.98 Å². The molecular formula is C12H13N3O3. The van der Waals surface area contributed by atoms with Crippen LogP contribution in [0.5, 0.6) is 0 Å². The molecule has 1 unspecified atom stereocenters. The third-order valence-electron chi connectivity index (χ3n) is 2.43. The smallest absolute Gasteiger partial charge is 0.441 e. The van der Waals surface area contributed by atoms with E-state index >= 15 is 0 Å². The first kappa shape index (κ1) is 13.7. The normalized spacial score (nSPS) is 11.2. The van der Waals surface area contributed by atoms with Crippen LogP contribution in [0.15, 0.2) is 24.4 Å². The van der Waals surface area contributed by atoms with Crippen LogP contribution in [0.2, 0.25) is 0 Å². The topological polar surface area (TPSA) is 92.7 Å². The number of ketones is 1. The first-order valence-electron chi connectivity index (χ1n) is 5.34. The van der Waals surface area contributed by atoms with Crippen molar-refractivity contribution in [1.29, 1.82) is 0 Å². The number of hydrogen-bond donors (Lipinski definition) is 0. The van der Waals surface area contributed by atoms with Crippen LogP contribution >= 0.6 is 0 Å². The predicted octanol–water partition coefficient (Wildman–Crippen LogP) is 0.988. The number of ether oxygens (including phenoxy) is 1.